The predicted octanol–water partition coefficient (Wildman–Crippen LogP) is 1.88. The molecule has 3 N–H and O–H groups in total. The zero-order chi connectivity index (χ0) is 26.2. The van der Waals surface area contributed by atoms with Gasteiger partial charge in [-0.2, -0.15) is 13.2 Å². The number of halogens is 3. The summed E-state index contributed by atoms with van der Waals surface area (Å²) in [7, 11) is 0. The zero-order valence-corrected chi connectivity index (χ0v) is 21.3. The van der Waals surface area contributed by atoms with Crippen LogP contribution in [0, 0.1) is 6.92 Å². The second-order valence-corrected chi connectivity index (χ2v) is 11.7. The average molecular weight is 581 g/mol. The molecule has 0 radical (unpaired) electrons. The first-order chi connectivity index (χ1) is 16.9. The van der Waals surface area contributed by atoms with E-state index in [4.69, 9.17) is 0 Å². The Balaban J connectivity index is 1.36. The number of rotatable bonds is 8. The van der Waals surface area contributed by atoms with E-state index < -0.39 is 41.3 Å². The summed E-state index contributed by atoms with van der Waals surface area (Å²) in [4.78, 5) is 53.0. The zero-order valence-electron chi connectivity index (χ0n) is 18.0. The monoisotopic (exact) mass is 580 g/mol. The Morgan fingerprint density at radius 3 is 2.69 bits per heavy atom. The lowest BCUT2D eigenvalue weighted by molar-refractivity contribution is -0.167. The number of hydrogen-bond acceptors (Lipinski definition) is 11. The van der Waals surface area contributed by atoms with Crippen LogP contribution in [0.15, 0.2) is 21.0 Å². The molecule has 0 bridgehead atoms. The van der Waals surface area contributed by atoms with E-state index in [0.717, 1.165) is 21.2 Å². The largest absolute Gasteiger partial charge is 0.477 e. The van der Waals surface area contributed by atoms with Gasteiger partial charge in [-0.25, -0.2) is 9.78 Å². The highest BCUT2D eigenvalue weighted by Gasteiger charge is 2.54. The van der Waals surface area contributed by atoms with E-state index in [2.05, 4.69) is 20.5 Å². The average Bonchev–Trinajstić information content (AvgIpc) is 3.42. The van der Waals surface area contributed by atoms with Crippen molar-refractivity contribution in [2.45, 2.75) is 35.3 Å². The van der Waals surface area contributed by atoms with Crippen LogP contribution in [-0.2, 0) is 25.6 Å². The normalized spacial score (nSPS) is 19.6. The number of aromatic nitrogens is 3. The third-order valence-electron chi connectivity index (χ3n) is 4.82. The predicted molar refractivity (Wildman–Crippen MR) is 126 cm³/mol. The third kappa shape index (κ3) is 5.65. The first kappa shape index (κ1) is 26.4. The fourth-order valence-electron chi connectivity index (χ4n) is 3.28. The van der Waals surface area contributed by atoms with E-state index in [0.29, 0.717) is 21.4 Å². The summed E-state index contributed by atoms with van der Waals surface area (Å²) in [6, 6.07) is -0.958. The van der Waals surface area contributed by atoms with Crippen molar-refractivity contribution in [3.05, 3.63) is 27.4 Å². The van der Waals surface area contributed by atoms with Gasteiger partial charge in [-0.3, -0.25) is 24.6 Å². The SMILES string of the molecule is Cc1nnc(SCC2=C(C(=O)O)N3C(=O)C(NC(=O)Cc4csc(NC(=O)C(F)(F)F)n4)[C@H]3SC2)s1. The highest BCUT2D eigenvalue weighted by molar-refractivity contribution is 8.01. The van der Waals surface area contributed by atoms with Crippen LogP contribution in [0.4, 0.5) is 18.3 Å². The van der Waals surface area contributed by atoms with E-state index >= 15 is 0 Å². The highest BCUT2D eigenvalue weighted by Crippen LogP contribution is 2.41. The summed E-state index contributed by atoms with van der Waals surface area (Å²) in [5, 5.41) is 22.9. The number of carboxylic acid groups (broad SMARTS) is 1. The van der Waals surface area contributed by atoms with Crippen LogP contribution >= 0.6 is 46.2 Å². The standard InChI is InChI=1S/C18H15F3N6O5S4/c1-6-25-26-17(36-6)35-4-7-3-33-13-10(12(29)27(13)11(7)14(30)31)23-9(28)2-8-5-34-16(22-8)24-15(32)18(19,20)21/h5,10,13H,2-4H2,1H3,(H,23,28)(H,30,31)(H,22,24,32)/t10?,13-/m1/s1. The van der Waals surface area contributed by atoms with Gasteiger partial charge in [0.15, 0.2) is 9.47 Å². The molecule has 18 heteroatoms. The maximum atomic E-state index is 12.7. The van der Waals surface area contributed by atoms with E-state index in [1.807, 2.05) is 0 Å². The van der Waals surface area contributed by atoms with Crippen molar-refractivity contribution in [3.63, 3.8) is 0 Å². The number of aryl methyl sites for hydroxylation is 1. The number of carboxylic acids is 1. The number of anilines is 1. The van der Waals surface area contributed by atoms with Crippen LogP contribution in [-0.4, -0.2) is 78.0 Å². The Labute approximate surface area is 216 Å². The molecular formula is C18H15F3N6O5S4. The number of amides is 3. The number of thiazole rings is 1. The lowest BCUT2D eigenvalue weighted by atomic mass is 10.0. The molecule has 0 aliphatic carbocycles. The maximum Gasteiger partial charge on any atom is 0.471 e. The van der Waals surface area contributed by atoms with E-state index in [1.54, 1.807) is 12.2 Å². The first-order valence-corrected chi connectivity index (χ1v) is 13.6. The van der Waals surface area contributed by atoms with Crippen molar-refractivity contribution in [2.24, 2.45) is 0 Å². The molecule has 2 aliphatic heterocycles. The Hall–Kier alpha value is -2.70. The van der Waals surface area contributed by atoms with Crippen molar-refractivity contribution in [1.82, 2.24) is 25.4 Å². The molecule has 4 heterocycles. The Kier molecular flexibility index (Phi) is 7.58. The molecule has 192 valence electrons. The second kappa shape index (κ2) is 10.3. The van der Waals surface area contributed by atoms with Crippen molar-refractivity contribution < 1.29 is 37.5 Å². The van der Waals surface area contributed by atoms with Gasteiger partial charge in [0.2, 0.25) is 5.91 Å². The van der Waals surface area contributed by atoms with Crippen LogP contribution in [0.3, 0.4) is 0 Å². The molecule has 2 aromatic rings. The number of aliphatic carboxylic acids is 1. The molecule has 2 atom stereocenters. The van der Waals surface area contributed by atoms with Gasteiger partial charge in [0.05, 0.1) is 12.1 Å². The van der Waals surface area contributed by atoms with Crippen molar-refractivity contribution in [3.8, 4) is 0 Å². The van der Waals surface area contributed by atoms with E-state index in [1.165, 1.54) is 40.2 Å². The van der Waals surface area contributed by atoms with Gasteiger partial charge >= 0.3 is 18.1 Å². The Morgan fingerprint density at radius 2 is 2.06 bits per heavy atom. The van der Waals surface area contributed by atoms with Gasteiger partial charge in [0.25, 0.3) is 5.91 Å². The number of hydrogen-bond donors (Lipinski definition) is 3. The van der Waals surface area contributed by atoms with Crippen LogP contribution in [0.25, 0.3) is 0 Å². The quantitative estimate of drug-likeness (QED) is 0.311. The molecule has 2 aliphatic rings. The number of alkyl halides is 3. The molecule has 2 aromatic heterocycles. The summed E-state index contributed by atoms with van der Waals surface area (Å²) in [6.45, 7) is 1.80. The van der Waals surface area contributed by atoms with Crippen molar-refractivity contribution in [1.29, 1.82) is 0 Å². The molecular weight excluding hydrogens is 565 g/mol. The lowest BCUT2D eigenvalue weighted by Crippen LogP contribution is -2.70. The minimum atomic E-state index is -5.07. The number of carbonyl (C=O) groups excluding carboxylic acids is 3. The molecule has 0 aromatic carbocycles. The minimum absolute atomic E-state index is 0.104. The van der Waals surface area contributed by atoms with Crippen molar-refractivity contribution >= 4 is 75.0 Å². The molecule has 1 saturated heterocycles. The van der Waals surface area contributed by atoms with Crippen LogP contribution in [0.1, 0.15) is 10.7 Å². The number of fused-ring (bicyclic) bond motifs is 1. The van der Waals surface area contributed by atoms with E-state index in [9.17, 15) is 37.5 Å². The summed E-state index contributed by atoms with van der Waals surface area (Å²) in [5.41, 5.74) is 0.537. The van der Waals surface area contributed by atoms with Gasteiger partial charge in [-0.15, -0.1) is 33.3 Å². The number of carbonyl (C=O) groups is 4. The molecule has 36 heavy (non-hydrogen) atoms. The highest BCUT2D eigenvalue weighted by atomic mass is 32.2. The molecule has 11 nitrogen and oxygen atoms in total. The fourth-order valence-corrected chi connectivity index (χ4v) is 7.29. The fraction of sp³-hybridized carbons (Fsp3) is 0.389. The summed E-state index contributed by atoms with van der Waals surface area (Å²) < 4.78 is 37.7. The number of nitrogens with zero attached hydrogens (tertiary/aromatic N) is 4. The van der Waals surface area contributed by atoms with Gasteiger partial charge in [-0.05, 0) is 12.5 Å². The Bertz CT molecular complexity index is 1260. The topological polar surface area (TPSA) is 154 Å². The minimum Gasteiger partial charge on any atom is -0.477 e. The number of nitrogens with one attached hydrogen (secondary N) is 2. The smallest absolute Gasteiger partial charge is 0.471 e. The van der Waals surface area contributed by atoms with Crippen LogP contribution in [0.5, 0.6) is 0 Å². The molecule has 3 amide bonds. The molecule has 1 fully saturated rings. The van der Waals surface area contributed by atoms with Crippen LogP contribution < -0.4 is 10.6 Å². The lowest BCUT2D eigenvalue weighted by Gasteiger charge is -2.49. The molecule has 1 unspecified atom stereocenters. The molecule has 0 spiro atoms. The van der Waals surface area contributed by atoms with Gasteiger partial charge in [0.1, 0.15) is 22.1 Å². The van der Waals surface area contributed by atoms with Gasteiger partial charge in [0, 0.05) is 16.9 Å². The number of β-lactam (4-membered cyclic amide) rings is 1. The second-order valence-electron chi connectivity index (χ2n) is 7.36. The third-order valence-corrected chi connectivity index (χ3v) is 9.02. The van der Waals surface area contributed by atoms with Crippen molar-refractivity contribution in [2.75, 3.05) is 16.8 Å². The van der Waals surface area contributed by atoms with Gasteiger partial charge < -0.3 is 10.4 Å². The Morgan fingerprint density at radius 1 is 1.31 bits per heavy atom. The molecule has 4 rings (SSSR count). The maximum absolute atomic E-state index is 12.7. The van der Waals surface area contributed by atoms with E-state index in [-0.39, 0.29) is 22.9 Å². The summed E-state index contributed by atoms with van der Waals surface area (Å²) in [6.07, 6.45) is -5.42. The van der Waals surface area contributed by atoms with Crippen LogP contribution in [0.2, 0.25) is 0 Å². The van der Waals surface area contributed by atoms with Gasteiger partial charge in [-0.1, -0.05) is 23.1 Å². The number of thioether (sulfide) groups is 2. The molecule has 0 saturated carbocycles. The summed E-state index contributed by atoms with van der Waals surface area (Å²) >= 11 is 4.73. The summed E-state index contributed by atoms with van der Waals surface area (Å²) in [5.74, 6) is -3.99. The first-order valence-electron chi connectivity index (χ1n) is 9.89.